The Labute approximate surface area is 97.0 Å². The number of carbonyl (C=O) groups is 1. The maximum Gasteiger partial charge on any atom is 0.311 e. The zero-order valence-corrected chi connectivity index (χ0v) is 9.22. The van der Waals surface area contributed by atoms with E-state index < -0.39 is 28.3 Å². The van der Waals surface area contributed by atoms with E-state index >= 15 is 0 Å². The fourth-order valence-electron chi connectivity index (χ4n) is 1.67. The number of nitro groups is 1. The summed E-state index contributed by atoms with van der Waals surface area (Å²) in [5.74, 6) is -2.86. The van der Waals surface area contributed by atoms with Gasteiger partial charge in [0, 0.05) is 5.56 Å². The summed E-state index contributed by atoms with van der Waals surface area (Å²) in [6.07, 6.45) is 0.854. The van der Waals surface area contributed by atoms with Gasteiger partial charge in [0.25, 0.3) is 5.69 Å². The van der Waals surface area contributed by atoms with Gasteiger partial charge >= 0.3 is 5.97 Å². The number of aliphatic carboxylic acids is 1. The highest BCUT2D eigenvalue weighted by Crippen LogP contribution is 2.30. The topological polar surface area (TPSA) is 80.4 Å². The third-order valence-electron chi connectivity index (χ3n) is 2.44. The molecule has 1 unspecified atom stereocenters. The molecule has 0 aliphatic heterocycles. The zero-order chi connectivity index (χ0) is 13.0. The van der Waals surface area contributed by atoms with E-state index in [1.165, 1.54) is 6.07 Å². The van der Waals surface area contributed by atoms with Crippen LogP contribution in [0.2, 0.25) is 0 Å². The van der Waals surface area contributed by atoms with E-state index in [9.17, 15) is 19.3 Å². The molecular formula is C11H12FNO4. The fourth-order valence-corrected chi connectivity index (χ4v) is 1.67. The molecule has 0 heterocycles. The minimum absolute atomic E-state index is 0.0470. The van der Waals surface area contributed by atoms with E-state index in [4.69, 9.17) is 5.11 Å². The highest BCUT2D eigenvalue weighted by molar-refractivity contribution is 5.77. The molecule has 1 atom stereocenters. The molecule has 0 amide bonds. The van der Waals surface area contributed by atoms with E-state index in [1.807, 2.05) is 0 Å². The number of carboxylic acid groups (broad SMARTS) is 1. The van der Waals surface area contributed by atoms with Crippen molar-refractivity contribution in [3.8, 4) is 0 Å². The Kier molecular flexibility index (Phi) is 4.14. The molecule has 0 aliphatic rings. The second-order valence-electron chi connectivity index (χ2n) is 3.64. The van der Waals surface area contributed by atoms with Gasteiger partial charge in [-0.3, -0.25) is 14.9 Å². The summed E-state index contributed by atoms with van der Waals surface area (Å²) >= 11 is 0. The lowest BCUT2D eigenvalue weighted by molar-refractivity contribution is -0.385. The summed E-state index contributed by atoms with van der Waals surface area (Å²) in [5, 5.41) is 19.8. The van der Waals surface area contributed by atoms with Gasteiger partial charge in [0.1, 0.15) is 5.82 Å². The third kappa shape index (κ3) is 2.99. The number of nitro benzene ring substituents is 1. The molecule has 0 saturated carbocycles. The minimum atomic E-state index is -1.14. The Morgan fingerprint density at radius 2 is 2.24 bits per heavy atom. The van der Waals surface area contributed by atoms with E-state index in [0.29, 0.717) is 6.42 Å². The van der Waals surface area contributed by atoms with Gasteiger partial charge < -0.3 is 5.11 Å². The Bertz CT molecular complexity index is 447. The lowest BCUT2D eigenvalue weighted by Gasteiger charge is -2.11. The van der Waals surface area contributed by atoms with Gasteiger partial charge in [-0.15, -0.1) is 0 Å². The Morgan fingerprint density at radius 1 is 1.59 bits per heavy atom. The maximum atomic E-state index is 12.9. The van der Waals surface area contributed by atoms with Crippen LogP contribution in [0.25, 0.3) is 0 Å². The van der Waals surface area contributed by atoms with Crippen LogP contribution in [0.15, 0.2) is 18.2 Å². The summed E-state index contributed by atoms with van der Waals surface area (Å²) in [5.41, 5.74) is -0.434. The van der Waals surface area contributed by atoms with Crippen LogP contribution >= 0.6 is 0 Å². The molecule has 0 aliphatic carbocycles. The lowest BCUT2D eigenvalue weighted by Crippen LogP contribution is -2.13. The van der Waals surface area contributed by atoms with Gasteiger partial charge in [-0.2, -0.15) is 0 Å². The van der Waals surface area contributed by atoms with Crippen molar-refractivity contribution in [1.82, 2.24) is 0 Å². The summed E-state index contributed by atoms with van der Waals surface area (Å²) in [6.45, 7) is 1.78. The van der Waals surface area contributed by atoms with Crippen LogP contribution < -0.4 is 0 Å². The second-order valence-corrected chi connectivity index (χ2v) is 3.64. The minimum Gasteiger partial charge on any atom is -0.481 e. The number of carboxylic acids is 1. The third-order valence-corrected chi connectivity index (χ3v) is 2.44. The lowest BCUT2D eigenvalue weighted by atomic mass is 9.93. The van der Waals surface area contributed by atoms with Crippen molar-refractivity contribution < 1.29 is 19.2 Å². The first kappa shape index (κ1) is 13.1. The van der Waals surface area contributed by atoms with Gasteiger partial charge in [0.15, 0.2) is 0 Å². The van der Waals surface area contributed by atoms with Gasteiger partial charge in [-0.25, -0.2) is 4.39 Å². The molecule has 0 radical (unpaired) electrons. The Morgan fingerprint density at radius 3 is 2.71 bits per heavy atom. The Balaban J connectivity index is 3.27. The van der Waals surface area contributed by atoms with E-state index in [1.54, 1.807) is 6.92 Å². The highest BCUT2D eigenvalue weighted by atomic mass is 19.1. The maximum absolute atomic E-state index is 12.9. The average molecular weight is 241 g/mol. The number of hydrogen-bond acceptors (Lipinski definition) is 3. The summed E-state index contributed by atoms with van der Waals surface area (Å²) in [6, 6.07) is 2.96. The Hall–Kier alpha value is -1.98. The van der Waals surface area contributed by atoms with Crippen LogP contribution in [0.4, 0.5) is 10.1 Å². The average Bonchev–Trinajstić information content (AvgIpc) is 2.26. The molecule has 1 N–H and O–H groups in total. The number of rotatable bonds is 5. The van der Waals surface area contributed by atoms with Crippen LogP contribution in [-0.4, -0.2) is 16.0 Å². The number of hydrogen-bond donors (Lipinski definition) is 1. The van der Waals surface area contributed by atoms with Crippen LogP contribution in [0, 0.1) is 15.9 Å². The summed E-state index contributed by atoms with van der Waals surface area (Å²) in [4.78, 5) is 21.0. The molecule has 1 rings (SSSR count). The first-order chi connectivity index (χ1) is 7.97. The van der Waals surface area contributed by atoms with Crippen LogP contribution in [0.1, 0.15) is 31.2 Å². The van der Waals surface area contributed by atoms with E-state index in [2.05, 4.69) is 0 Å². The quantitative estimate of drug-likeness (QED) is 0.634. The smallest absolute Gasteiger partial charge is 0.311 e. The normalized spacial score (nSPS) is 12.1. The van der Waals surface area contributed by atoms with Gasteiger partial charge in [0.05, 0.1) is 16.9 Å². The first-order valence-electron chi connectivity index (χ1n) is 5.14. The van der Waals surface area contributed by atoms with Crippen LogP contribution in [-0.2, 0) is 4.79 Å². The molecule has 1 aromatic rings. The highest BCUT2D eigenvalue weighted by Gasteiger charge is 2.27. The fraction of sp³-hybridized carbons (Fsp3) is 0.364. The molecule has 6 heteroatoms. The van der Waals surface area contributed by atoms with Crippen LogP contribution in [0.5, 0.6) is 0 Å². The van der Waals surface area contributed by atoms with Crippen LogP contribution in [0.3, 0.4) is 0 Å². The first-order valence-corrected chi connectivity index (χ1v) is 5.14. The molecule has 17 heavy (non-hydrogen) atoms. The molecule has 0 fully saturated rings. The number of halogens is 1. The molecule has 1 aromatic carbocycles. The molecule has 0 bridgehead atoms. The van der Waals surface area contributed by atoms with Crippen molar-refractivity contribution in [3.63, 3.8) is 0 Å². The SMILES string of the molecule is CCCC(C(=O)O)c1ccc(F)cc1[N+](=O)[O-]. The van der Waals surface area contributed by atoms with Crippen molar-refractivity contribution in [3.05, 3.63) is 39.7 Å². The molecule has 5 nitrogen and oxygen atoms in total. The number of benzene rings is 1. The number of nitrogens with zero attached hydrogens (tertiary/aromatic N) is 1. The molecule has 0 saturated heterocycles. The largest absolute Gasteiger partial charge is 0.481 e. The zero-order valence-electron chi connectivity index (χ0n) is 9.22. The van der Waals surface area contributed by atoms with Gasteiger partial charge in [-0.1, -0.05) is 13.3 Å². The van der Waals surface area contributed by atoms with E-state index in [-0.39, 0.29) is 12.0 Å². The van der Waals surface area contributed by atoms with Crippen molar-refractivity contribution >= 4 is 11.7 Å². The van der Waals surface area contributed by atoms with Crippen molar-refractivity contribution in [2.24, 2.45) is 0 Å². The molecule has 92 valence electrons. The molecule has 0 aromatic heterocycles. The second kappa shape index (κ2) is 5.38. The van der Waals surface area contributed by atoms with Gasteiger partial charge in [0.2, 0.25) is 0 Å². The van der Waals surface area contributed by atoms with Crippen molar-refractivity contribution in [2.75, 3.05) is 0 Å². The molecular weight excluding hydrogens is 229 g/mol. The summed E-state index contributed by atoms with van der Waals surface area (Å²) in [7, 11) is 0. The predicted octanol–water partition coefficient (Wildman–Crippen LogP) is 2.70. The van der Waals surface area contributed by atoms with Crippen molar-refractivity contribution in [1.29, 1.82) is 0 Å². The predicted molar refractivity (Wildman–Crippen MR) is 58.3 cm³/mol. The molecule has 0 spiro atoms. The van der Waals surface area contributed by atoms with E-state index in [0.717, 1.165) is 12.1 Å². The summed E-state index contributed by atoms with van der Waals surface area (Å²) < 4.78 is 12.9. The monoisotopic (exact) mass is 241 g/mol. The standard InChI is InChI=1S/C11H12FNO4/c1-2-3-9(11(14)15)8-5-4-7(12)6-10(8)13(16)17/h4-6,9H,2-3H2,1H3,(H,14,15). The van der Waals surface area contributed by atoms with Gasteiger partial charge in [-0.05, 0) is 18.6 Å². The van der Waals surface area contributed by atoms with Crippen molar-refractivity contribution in [2.45, 2.75) is 25.7 Å².